The normalized spacial score (nSPS) is 18.9. The lowest BCUT2D eigenvalue weighted by atomic mass is 10.2. The summed E-state index contributed by atoms with van der Waals surface area (Å²) in [4.78, 5) is 18.2. The summed E-state index contributed by atoms with van der Waals surface area (Å²) in [5.74, 6) is 0.708. The van der Waals surface area contributed by atoms with E-state index >= 15 is 0 Å². The van der Waals surface area contributed by atoms with E-state index in [1.807, 2.05) is 13.0 Å². The second kappa shape index (κ2) is 7.21. The van der Waals surface area contributed by atoms with Gasteiger partial charge < -0.3 is 20.1 Å². The van der Waals surface area contributed by atoms with Crippen molar-refractivity contribution < 1.29 is 14.6 Å². The molecule has 2 rings (SSSR count). The van der Waals surface area contributed by atoms with Gasteiger partial charge in [-0.1, -0.05) is 6.92 Å². The average molecular weight is 279 g/mol. The Morgan fingerprint density at radius 2 is 2.45 bits per heavy atom. The second-order valence-corrected chi connectivity index (χ2v) is 4.78. The Bertz CT molecular complexity index is 436. The highest BCUT2D eigenvalue weighted by molar-refractivity contribution is 5.94. The van der Waals surface area contributed by atoms with Crippen molar-refractivity contribution >= 4 is 11.7 Å². The van der Waals surface area contributed by atoms with Crippen LogP contribution in [0.15, 0.2) is 18.3 Å². The number of rotatable bonds is 5. The van der Waals surface area contributed by atoms with Gasteiger partial charge in [-0.3, -0.25) is 4.79 Å². The Balaban J connectivity index is 1.98. The molecular weight excluding hydrogens is 258 g/mol. The summed E-state index contributed by atoms with van der Waals surface area (Å²) >= 11 is 0. The number of pyridine rings is 1. The summed E-state index contributed by atoms with van der Waals surface area (Å²) in [5, 5.41) is 11.9. The van der Waals surface area contributed by atoms with Gasteiger partial charge in [-0.2, -0.15) is 0 Å². The van der Waals surface area contributed by atoms with Crippen molar-refractivity contribution in [1.29, 1.82) is 0 Å². The van der Waals surface area contributed by atoms with E-state index in [1.54, 1.807) is 12.3 Å². The minimum Gasteiger partial charge on any atom is -0.394 e. The molecule has 1 aromatic rings. The number of anilines is 1. The Labute approximate surface area is 118 Å². The van der Waals surface area contributed by atoms with Gasteiger partial charge in [0.05, 0.1) is 24.9 Å². The highest BCUT2D eigenvalue weighted by atomic mass is 16.5. The van der Waals surface area contributed by atoms with E-state index in [0.29, 0.717) is 25.3 Å². The van der Waals surface area contributed by atoms with Gasteiger partial charge in [-0.15, -0.1) is 0 Å². The maximum absolute atomic E-state index is 11.8. The number of morpholine rings is 1. The SMILES string of the molecule is CCCNC(=O)c1ccc(N2CCOC(CO)C2)nc1. The van der Waals surface area contributed by atoms with Crippen molar-refractivity contribution in [2.24, 2.45) is 0 Å². The highest BCUT2D eigenvalue weighted by Gasteiger charge is 2.20. The molecule has 1 amide bonds. The maximum Gasteiger partial charge on any atom is 0.252 e. The van der Waals surface area contributed by atoms with E-state index < -0.39 is 0 Å². The zero-order chi connectivity index (χ0) is 14.4. The number of nitrogens with one attached hydrogen (secondary N) is 1. The van der Waals surface area contributed by atoms with E-state index in [2.05, 4.69) is 15.2 Å². The number of carbonyl (C=O) groups excluding carboxylic acids is 1. The van der Waals surface area contributed by atoms with E-state index in [1.165, 1.54) is 0 Å². The third-order valence-corrected chi connectivity index (χ3v) is 3.21. The maximum atomic E-state index is 11.8. The fraction of sp³-hybridized carbons (Fsp3) is 0.571. The smallest absolute Gasteiger partial charge is 0.252 e. The molecule has 2 N–H and O–H groups in total. The molecule has 20 heavy (non-hydrogen) atoms. The fourth-order valence-electron chi connectivity index (χ4n) is 2.09. The van der Waals surface area contributed by atoms with Crippen LogP contribution in [-0.4, -0.2) is 54.9 Å². The topological polar surface area (TPSA) is 74.7 Å². The number of ether oxygens (including phenoxy) is 1. The lowest BCUT2D eigenvalue weighted by molar-refractivity contribution is 0.00336. The molecule has 6 nitrogen and oxygen atoms in total. The predicted molar refractivity (Wildman–Crippen MR) is 75.9 cm³/mol. The first-order valence-electron chi connectivity index (χ1n) is 6.96. The van der Waals surface area contributed by atoms with Crippen molar-refractivity contribution in [1.82, 2.24) is 10.3 Å². The highest BCUT2D eigenvalue weighted by Crippen LogP contribution is 2.15. The molecule has 1 aliphatic heterocycles. The van der Waals surface area contributed by atoms with Gasteiger partial charge in [0.25, 0.3) is 5.91 Å². The average Bonchev–Trinajstić information content (AvgIpc) is 2.52. The van der Waals surface area contributed by atoms with Gasteiger partial charge >= 0.3 is 0 Å². The van der Waals surface area contributed by atoms with Crippen LogP contribution >= 0.6 is 0 Å². The number of amides is 1. The molecule has 0 radical (unpaired) electrons. The van der Waals surface area contributed by atoms with Crippen LogP contribution in [0.1, 0.15) is 23.7 Å². The monoisotopic (exact) mass is 279 g/mol. The summed E-state index contributed by atoms with van der Waals surface area (Å²) in [7, 11) is 0. The second-order valence-electron chi connectivity index (χ2n) is 4.78. The van der Waals surface area contributed by atoms with E-state index in [0.717, 1.165) is 18.8 Å². The van der Waals surface area contributed by atoms with Gasteiger partial charge in [0, 0.05) is 25.8 Å². The zero-order valence-corrected chi connectivity index (χ0v) is 11.7. The third kappa shape index (κ3) is 3.68. The van der Waals surface area contributed by atoms with Crippen LogP contribution in [0.3, 0.4) is 0 Å². The quantitative estimate of drug-likeness (QED) is 0.817. The van der Waals surface area contributed by atoms with Crippen LogP contribution in [0.5, 0.6) is 0 Å². The lowest BCUT2D eigenvalue weighted by Gasteiger charge is -2.32. The first-order valence-corrected chi connectivity index (χ1v) is 6.96. The van der Waals surface area contributed by atoms with Crippen LogP contribution in [0.25, 0.3) is 0 Å². The molecule has 1 fully saturated rings. The Morgan fingerprint density at radius 3 is 3.10 bits per heavy atom. The molecule has 2 heterocycles. The van der Waals surface area contributed by atoms with Gasteiger partial charge in [0.1, 0.15) is 5.82 Å². The van der Waals surface area contributed by atoms with E-state index in [4.69, 9.17) is 9.84 Å². The van der Waals surface area contributed by atoms with Gasteiger partial charge in [-0.05, 0) is 18.6 Å². The van der Waals surface area contributed by atoms with Crippen molar-refractivity contribution in [3.63, 3.8) is 0 Å². The number of hydrogen-bond acceptors (Lipinski definition) is 5. The summed E-state index contributed by atoms with van der Waals surface area (Å²) in [6.45, 7) is 4.62. The van der Waals surface area contributed by atoms with Crippen LogP contribution < -0.4 is 10.2 Å². The molecular formula is C14H21N3O3. The Morgan fingerprint density at radius 1 is 1.60 bits per heavy atom. The molecule has 0 aliphatic carbocycles. The Hall–Kier alpha value is -1.66. The molecule has 1 aliphatic rings. The fourth-order valence-corrected chi connectivity index (χ4v) is 2.09. The van der Waals surface area contributed by atoms with Gasteiger partial charge in [0.2, 0.25) is 0 Å². The number of nitrogens with zero attached hydrogens (tertiary/aromatic N) is 2. The first-order chi connectivity index (χ1) is 9.74. The standard InChI is InChI=1S/C14H21N3O3/c1-2-5-15-14(19)11-3-4-13(16-8-11)17-6-7-20-12(9-17)10-18/h3-4,8,12,18H,2,5-7,9-10H2,1H3,(H,15,19). The molecule has 0 spiro atoms. The number of aliphatic hydroxyl groups excluding tert-OH is 1. The number of aliphatic hydroxyl groups is 1. The molecule has 0 bridgehead atoms. The van der Waals surface area contributed by atoms with Crippen molar-refractivity contribution in [3.05, 3.63) is 23.9 Å². The van der Waals surface area contributed by atoms with Crippen molar-refractivity contribution in [3.8, 4) is 0 Å². The molecule has 0 aromatic carbocycles. The molecule has 1 unspecified atom stereocenters. The first kappa shape index (κ1) is 14.7. The van der Waals surface area contributed by atoms with E-state index in [-0.39, 0.29) is 18.6 Å². The molecule has 1 aromatic heterocycles. The summed E-state index contributed by atoms with van der Waals surface area (Å²) in [6.07, 6.45) is 2.33. The van der Waals surface area contributed by atoms with E-state index in [9.17, 15) is 4.79 Å². The third-order valence-electron chi connectivity index (χ3n) is 3.21. The number of hydrogen-bond donors (Lipinski definition) is 2. The van der Waals surface area contributed by atoms with Crippen molar-refractivity contribution in [2.75, 3.05) is 37.7 Å². The predicted octanol–water partition coefficient (Wildman–Crippen LogP) is 0.419. The van der Waals surface area contributed by atoms with Crippen LogP contribution in [-0.2, 0) is 4.74 Å². The van der Waals surface area contributed by atoms with Gasteiger partial charge in [0.15, 0.2) is 0 Å². The minimum absolute atomic E-state index is 0.00794. The van der Waals surface area contributed by atoms with Crippen LogP contribution in [0.2, 0.25) is 0 Å². The summed E-state index contributed by atoms with van der Waals surface area (Å²) in [6, 6.07) is 3.61. The minimum atomic E-state index is -0.168. The lowest BCUT2D eigenvalue weighted by Crippen LogP contribution is -2.44. The Kier molecular flexibility index (Phi) is 5.31. The number of aromatic nitrogens is 1. The summed E-state index contributed by atoms with van der Waals surface area (Å²) < 4.78 is 5.40. The molecule has 1 saturated heterocycles. The van der Waals surface area contributed by atoms with Gasteiger partial charge in [-0.25, -0.2) is 4.98 Å². The number of carbonyl (C=O) groups is 1. The van der Waals surface area contributed by atoms with Crippen LogP contribution in [0.4, 0.5) is 5.82 Å². The molecule has 110 valence electrons. The van der Waals surface area contributed by atoms with Crippen molar-refractivity contribution in [2.45, 2.75) is 19.4 Å². The zero-order valence-electron chi connectivity index (χ0n) is 11.7. The molecule has 6 heteroatoms. The summed E-state index contributed by atoms with van der Waals surface area (Å²) in [5.41, 5.74) is 0.564. The largest absolute Gasteiger partial charge is 0.394 e. The molecule has 0 saturated carbocycles. The molecule has 1 atom stereocenters. The van der Waals surface area contributed by atoms with Crippen LogP contribution in [0, 0.1) is 0 Å².